The van der Waals surface area contributed by atoms with Crippen LogP contribution in [0.25, 0.3) is 0 Å². The predicted molar refractivity (Wildman–Crippen MR) is 80.7 cm³/mol. The number of esters is 1. The molecule has 0 radical (unpaired) electrons. The van der Waals surface area contributed by atoms with Gasteiger partial charge in [0.05, 0.1) is 5.41 Å². The molecule has 3 heterocycles. The highest BCUT2D eigenvalue weighted by molar-refractivity contribution is 5.79. The van der Waals surface area contributed by atoms with Gasteiger partial charge in [-0.3, -0.25) is 9.69 Å². The van der Waals surface area contributed by atoms with Crippen LogP contribution in [0.1, 0.15) is 52.9 Å². The van der Waals surface area contributed by atoms with Crippen molar-refractivity contribution in [2.45, 2.75) is 65.0 Å². The van der Waals surface area contributed by atoms with E-state index in [1.807, 2.05) is 20.8 Å². The lowest BCUT2D eigenvalue weighted by atomic mass is 9.77. The summed E-state index contributed by atoms with van der Waals surface area (Å²) in [6.07, 6.45) is 5.66. The Balaban J connectivity index is 0.000000704. The van der Waals surface area contributed by atoms with Crippen molar-refractivity contribution < 1.29 is 9.53 Å². The molecule has 2 atom stereocenters. The minimum Gasteiger partial charge on any atom is -0.462 e. The molecule has 0 bridgehead atoms. The zero-order valence-corrected chi connectivity index (χ0v) is 13.3. The van der Waals surface area contributed by atoms with E-state index in [0.29, 0.717) is 6.04 Å². The van der Waals surface area contributed by atoms with Crippen molar-refractivity contribution in [3.05, 3.63) is 0 Å². The Morgan fingerprint density at radius 1 is 1.30 bits per heavy atom. The topological polar surface area (TPSA) is 41.6 Å². The van der Waals surface area contributed by atoms with Gasteiger partial charge in [-0.15, -0.1) is 0 Å². The molecule has 0 aromatic rings. The van der Waals surface area contributed by atoms with E-state index < -0.39 is 0 Å². The quantitative estimate of drug-likeness (QED) is 0.749. The lowest BCUT2D eigenvalue weighted by molar-refractivity contribution is -0.151. The minimum atomic E-state index is -0.178. The monoisotopic (exact) mass is 282 g/mol. The minimum absolute atomic E-state index is 0.0636. The number of nitrogens with zero attached hydrogens (tertiary/aromatic N) is 1. The van der Waals surface area contributed by atoms with Gasteiger partial charge in [0.15, 0.2) is 0 Å². The second kappa shape index (κ2) is 6.90. The molecular weight excluding hydrogens is 252 g/mol. The van der Waals surface area contributed by atoms with Crippen LogP contribution in [0, 0.1) is 5.41 Å². The van der Waals surface area contributed by atoms with Crippen LogP contribution in [0.4, 0.5) is 0 Å². The first-order chi connectivity index (χ1) is 9.70. The van der Waals surface area contributed by atoms with Gasteiger partial charge in [-0.05, 0) is 52.2 Å². The number of cyclic esters (lactones) is 1. The Morgan fingerprint density at radius 2 is 2.00 bits per heavy atom. The summed E-state index contributed by atoms with van der Waals surface area (Å²) in [6.45, 7) is 10.4. The first-order valence-corrected chi connectivity index (χ1v) is 8.35. The van der Waals surface area contributed by atoms with E-state index in [9.17, 15) is 4.79 Å². The van der Waals surface area contributed by atoms with E-state index >= 15 is 0 Å². The summed E-state index contributed by atoms with van der Waals surface area (Å²) >= 11 is 0. The zero-order valence-electron chi connectivity index (χ0n) is 13.3. The fourth-order valence-corrected chi connectivity index (χ4v) is 3.97. The smallest absolute Gasteiger partial charge is 0.313 e. The van der Waals surface area contributed by atoms with Crippen LogP contribution < -0.4 is 5.32 Å². The van der Waals surface area contributed by atoms with E-state index in [2.05, 4.69) is 10.2 Å². The first-order valence-electron chi connectivity index (χ1n) is 8.35. The molecule has 3 aliphatic heterocycles. The van der Waals surface area contributed by atoms with Gasteiger partial charge in [0.25, 0.3) is 0 Å². The van der Waals surface area contributed by atoms with E-state index in [0.717, 1.165) is 45.4 Å². The van der Waals surface area contributed by atoms with Crippen molar-refractivity contribution in [3.8, 4) is 0 Å². The van der Waals surface area contributed by atoms with E-state index in [1.54, 1.807) is 0 Å². The van der Waals surface area contributed by atoms with Gasteiger partial charge in [0, 0.05) is 19.0 Å². The fourth-order valence-electron chi connectivity index (χ4n) is 3.97. The van der Waals surface area contributed by atoms with Crippen molar-refractivity contribution >= 4 is 5.97 Å². The molecular formula is C16H30N2O2. The molecule has 3 rings (SSSR count). The van der Waals surface area contributed by atoms with Gasteiger partial charge in [0.2, 0.25) is 0 Å². The standard InChI is InChI=1S/C14H24N2O2.C2H6/c1-11-9-14(13(17)18-11)5-2-8-16(10-14)12-3-6-15-7-4-12;1-2/h11-12,15H,2-10H2,1H3;1-2H3. The Morgan fingerprint density at radius 3 is 2.60 bits per heavy atom. The zero-order chi connectivity index (χ0) is 14.6. The van der Waals surface area contributed by atoms with Crippen LogP contribution in [-0.2, 0) is 9.53 Å². The number of likely N-dealkylation sites (tertiary alicyclic amines) is 1. The normalized spacial score (nSPS) is 35.5. The number of hydrogen-bond donors (Lipinski definition) is 1. The van der Waals surface area contributed by atoms with Crippen LogP contribution in [0.3, 0.4) is 0 Å². The predicted octanol–water partition coefficient (Wildman–Crippen LogP) is 2.18. The lowest BCUT2D eigenvalue weighted by Crippen LogP contribution is -2.52. The SMILES string of the molecule is CC.CC1CC2(CCCN(C3CCNCC3)C2)C(=O)O1. The number of ether oxygens (including phenoxy) is 1. The third-order valence-corrected chi connectivity index (χ3v) is 4.85. The highest BCUT2D eigenvalue weighted by Crippen LogP contribution is 2.42. The van der Waals surface area contributed by atoms with Gasteiger partial charge >= 0.3 is 5.97 Å². The van der Waals surface area contributed by atoms with Gasteiger partial charge < -0.3 is 10.1 Å². The summed E-state index contributed by atoms with van der Waals surface area (Å²) in [5, 5.41) is 3.41. The Kier molecular flexibility index (Phi) is 5.44. The Labute approximate surface area is 123 Å². The van der Waals surface area contributed by atoms with Gasteiger partial charge in [-0.25, -0.2) is 0 Å². The number of hydrogen-bond acceptors (Lipinski definition) is 4. The van der Waals surface area contributed by atoms with Gasteiger partial charge in [0.1, 0.15) is 6.10 Å². The highest BCUT2D eigenvalue weighted by atomic mass is 16.6. The fraction of sp³-hybridized carbons (Fsp3) is 0.938. The maximum atomic E-state index is 12.1. The molecule has 3 aliphatic rings. The molecule has 3 fully saturated rings. The second-order valence-corrected chi connectivity index (χ2v) is 6.26. The summed E-state index contributed by atoms with van der Waals surface area (Å²) in [7, 11) is 0. The maximum Gasteiger partial charge on any atom is 0.313 e. The molecule has 20 heavy (non-hydrogen) atoms. The average molecular weight is 282 g/mol. The largest absolute Gasteiger partial charge is 0.462 e. The van der Waals surface area contributed by atoms with Crippen molar-refractivity contribution in [1.29, 1.82) is 0 Å². The molecule has 0 amide bonds. The molecule has 0 saturated carbocycles. The number of carbonyl (C=O) groups excluding carboxylic acids is 1. The highest BCUT2D eigenvalue weighted by Gasteiger charge is 2.50. The van der Waals surface area contributed by atoms with Crippen LogP contribution >= 0.6 is 0 Å². The third-order valence-electron chi connectivity index (χ3n) is 4.85. The summed E-state index contributed by atoms with van der Waals surface area (Å²) in [4.78, 5) is 14.7. The molecule has 0 aromatic heterocycles. The number of piperidine rings is 2. The molecule has 4 heteroatoms. The molecule has 1 N–H and O–H groups in total. The number of rotatable bonds is 1. The van der Waals surface area contributed by atoms with Crippen molar-refractivity contribution in [2.24, 2.45) is 5.41 Å². The van der Waals surface area contributed by atoms with Gasteiger partial charge in [-0.2, -0.15) is 0 Å². The number of carbonyl (C=O) groups is 1. The molecule has 3 saturated heterocycles. The number of nitrogens with one attached hydrogen (secondary N) is 1. The molecule has 1 spiro atoms. The van der Waals surface area contributed by atoms with Crippen molar-refractivity contribution in [2.75, 3.05) is 26.2 Å². The maximum absolute atomic E-state index is 12.1. The summed E-state index contributed by atoms with van der Waals surface area (Å²) < 4.78 is 5.41. The van der Waals surface area contributed by atoms with Crippen molar-refractivity contribution in [1.82, 2.24) is 10.2 Å². The van der Waals surface area contributed by atoms with Crippen LogP contribution in [0.5, 0.6) is 0 Å². The summed E-state index contributed by atoms with van der Waals surface area (Å²) in [6, 6.07) is 0.673. The second-order valence-electron chi connectivity index (χ2n) is 6.26. The van der Waals surface area contributed by atoms with Crippen LogP contribution in [0.2, 0.25) is 0 Å². The molecule has 0 aromatic carbocycles. The molecule has 0 aliphatic carbocycles. The third kappa shape index (κ3) is 3.17. The average Bonchev–Trinajstić information content (AvgIpc) is 2.76. The summed E-state index contributed by atoms with van der Waals surface area (Å²) in [5.74, 6) is 0.0636. The van der Waals surface area contributed by atoms with E-state index in [1.165, 1.54) is 12.8 Å². The van der Waals surface area contributed by atoms with E-state index in [4.69, 9.17) is 4.74 Å². The van der Waals surface area contributed by atoms with Crippen LogP contribution in [-0.4, -0.2) is 49.2 Å². The summed E-state index contributed by atoms with van der Waals surface area (Å²) in [5.41, 5.74) is -0.178. The van der Waals surface area contributed by atoms with Gasteiger partial charge in [-0.1, -0.05) is 13.8 Å². The van der Waals surface area contributed by atoms with Crippen molar-refractivity contribution in [3.63, 3.8) is 0 Å². The lowest BCUT2D eigenvalue weighted by Gasteiger charge is -2.43. The van der Waals surface area contributed by atoms with Crippen LogP contribution in [0.15, 0.2) is 0 Å². The first kappa shape index (κ1) is 15.8. The Bertz CT molecular complexity index is 328. The molecule has 2 unspecified atom stereocenters. The van der Waals surface area contributed by atoms with E-state index in [-0.39, 0.29) is 17.5 Å². The molecule has 4 nitrogen and oxygen atoms in total. The molecule has 116 valence electrons. The Hall–Kier alpha value is -0.610.